The minimum absolute atomic E-state index is 0.0925. The molecule has 0 bridgehead atoms. The van der Waals surface area contributed by atoms with Crippen molar-refractivity contribution < 1.29 is 4.79 Å². The maximum absolute atomic E-state index is 12.8. The van der Waals surface area contributed by atoms with Crippen molar-refractivity contribution in [3.05, 3.63) is 84.4 Å². The number of thioether (sulfide) groups is 1. The first-order chi connectivity index (χ1) is 14.6. The Bertz CT molecular complexity index is 1140. The van der Waals surface area contributed by atoms with E-state index in [9.17, 15) is 4.79 Å². The predicted octanol–water partition coefficient (Wildman–Crippen LogP) is 5.57. The molecule has 6 heteroatoms. The molecular weight excluding hydrogens is 392 g/mol. The van der Waals surface area contributed by atoms with Crippen molar-refractivity contribution in [2.75, 3.05) is 5.32 Å². The van der Waals surface area contributed by atoms with Gasteiger partial charge >= 0.3 is 0 Å². The molecule has 0 aliphatic heterocycles. The van der Waals surface area contributed by atoms with Gasteiger partial charge in [0, 0.05) is 16.8 Å². The lowest BCUT2D eigenvalue weighted by Crippen LogP contribution is -2.22. The van der Waals surface area contributed by atoms with E-state index < -0.39 is 0 Å². The summed E-state index contributed by atoms with van der Waals surface area (Å²) in [6.07, 6.45) is 0. The standard InChI is InChI=1S/C24H22N4OS/c1-16-12-14-19(15-13-16)22-26-24(28-27-22)30-17(2)23(29)25-21-11-7-6-10-20(21)18-8-4-3-5-9-18/h3-15,17H,1-2H3,(H,25,29)(H,26,27,28). The Morgan fingerprint density at radius 1 is 0.933 bits per heavy atom. The maximum Gasteiger partial charge on any atom is 0.237 e. The van der Waals surface area contributed by atoms with Gasteiger partial charge in [-0.2, -0.15) is 0 Å². The molecule has 4 aromatic rings. The summed E-state index contributed by atoms with van der Waals surface area (Å²) in [4.78, 5) is 17.3. The molecule has 1 heterocycles. The number of H-pyrrole nitrogens is 1. The topological polar surface area (TPSA) is 70.7 Å². The summed E-state index contributed by atoms with van der Waals surface area (Å²) in [5.74, 6) is 0.601. The molecule has 1 aromatic heterocycles. The number of benzene rings is 3. The van der Waals surface area contributed by atoms with E-state index in [1.807, 2.05) is 92.7 Å². The van der Waals surface area contributed by atoms with Crippen LogP contribution in [0.25, 0.3) is 22.5 Å². The summed E-state index contributed by atoms with van der Waals surface area (Å²) in [7, 11) is 0. The first-order valence-electron chi connectivity index (χ1n) is 9.71. The van der Waals surface area contributed by atoms with Crippen molar-refractivity contribution in [2.24, 2.45) is 0 Å². The molecule has 0 spiro atoms. The zero-order valence-corrected chi connectivity index (χ0v) is 17.6. The van der Waals surface area contributed by atoms with E-state index in [2.05, 4.69) is 20.5 Å². The third-order valence-corrected chi connectivity index (χ3v) is 5.67. The van der Waals surface area contributed by atoms with Crippen LogP contribution in [0.3, 0.4) is 0 Å². The number of para-hydroxylation sites is 1. The minimum atomic E-state index is -0.351. The van der Waals surface area contributed by atoms with Crippen LogP contribution in [0.2, 0.25) is 0 Å². The second-order valence-electron chi connectivity index (χ2n) is 6.99. The van der Waals surface area contributed by atoms with Gasteiger partial charge in [0.05, 0.1) is 5.25 Å². The highest BCUT2D eigenvalue weighted by molar-refractivity contribution is 8.00. The van der Waals surface area contributed by atoms with E-state index in [4.69, 9.17) is 0 Å². The van der Waals surface area contributed by atoms with E-state index in [-0.39, 0.29) is 11.2 Å². The first-order valence-corrected chi connectivity index (χ1v) is 10.6. The summed E-state index contributed by atoms with van der Waals surface area (Å²) < 4.78 is 0. The average molecular weight is 415 g/mol. The van der Waals surface area contributed by atoms with Crippen molar-refractivity contribution in [3.63, 3.8) is 0 Å². The number of hydrogen-bond acceptors (Lipinski definition) is 4. The van der Waals surface area contributed by atoms with Crippen molar-refractivity contribution in [3.8, 4) is 22.5 Å². The van der Waals surface area contributed by atoms with Gasteiger partial charge in [0.2, 0.25) is 11.1 Å². The van der Waals surface area contributed by atoms with Gasteiger partial charge in [0.25, 0.3) is 0 Å². The minimum Gasteiger partial charge on any atom is -0.325 e. The Balaban J connectivity index is 1.45. The highest BCUT2D eigenvalue weighted by atomic mass is 32.2. The SMILES string of the molecule is Cc1ccc(-c2nc(SC(C)C(=O)Nc3ccccc3-c3ccccc3)n[nH]2)cc1. The highest BCUT2D eigenvalue weighted by Crippen LogP contribution is 2.29. The smallest absolute Gasteiger partial charge is 0.237 e. The van der Waals surface area contributed by atoms with Gasteiger partial charge in [-0.3, -0.25) is 9.89 Å². The molecule has 1 amide bonds. The summed E-state index contributed by atoms with van der Waals surface area (Å²) in [5, 5.41) is 10.5. The molecule has 5 nitrogen and oxygen atoms in total. The molecule has 0 aliphatic rings. The van der Waals surface area contributed by atoms with E-state index in [0.717, 1.165) is 22.4 Å². The number of nitrogens with one attached hydrogen (secondary N) is 2. The average Bonchev–Trinajstić information content (AvgIpc) is 3.23. The predicted molar refractivity (Wildman–Crippen MR) is 122 cm³/mol. The first kappa shape index (κ1) is 19.9. The van der Waals surface area contributed by atoms with Crippen molar-refractivity contribution in [2.45, 2.75) is 24.3 Å². The molecule has 3 aromatic carbocycles. The van der Waals surface area contributed by atoms with E-state index in [0.29, 0.717) is 11.0 Å². The van der Waals surface area contributed by atoms with Crippen LogP contribution in [0.15, 0.2) is 84.0 Å². The van der Waals surface area contributed by atoms with Crippen LogP contribution in [-0.4, -0.2) is 26.3 Å². The Hall–Kier alpha value is -3.38. The zero-order valence-electron chi connectivity index (χ0n) is 16.8. The Labute approximate surface area is 180 Å². The number of aromatic nitrogens is 3. The van der Waals surface area contributed by atoms with Crippen molar-refractivity contribution in [1.29, 1.82) is 0 Å². The largest absolute Gasteiger partial charge is 0.325 e. The Morgan fingerprint density at radius 2 is 1.63 bits per heavy atom. The van der Waals surface area contributed by atoms with Gasteiger partial charge in [-0.25, -0.2) is 4.98 Å². The number of rotatable bonds is 6. The number of anilines is 1. The fourth-order valence-electron chi connectivity index (χ4n) is 3.05. The fraction of sp³-hybridized carbons (Fsp3) is 0.125. The molecular formula is C24H22N4OS. The maximum atomic E-state index is 12.8. The number of hydrogen-bond donors (Lipinski definition) is 2. The molecule has 1 atom stereocenters. The number of carbonyl (C=O) groups is 1. The van der Waals surface area contributed by atoms with Crippen molar-refractivity contribution in [1.82, 2.24) is 15.2 Å². The second kappa shape index (κ2) is 8.97. The molecule has 30 heavy (non-hydrogen) atoms. The van der Waals surface area contributed by atoms with Crippen LogP contribution < -0.4 is 5.32 Å². The lowest BCUT2D eigenvalue weighted by Gasteiger charge is -2.14. The molecule has 1 unspecified atom stereocenters. The molecule has 0 saturated heterocycles. The molecule has 4 rings (SSSR count). The van der Waals surface area contributed by atoms with Gasteiger partial charge in [-0.05, 0) is 25.5 Å². The Morgan fingerprint density at radius 3 is 2.40 bits per heavy atom. The van der Waals surface area contributed by atoms with Crippen LogP contribution in [0.1, 0.15) is 12.5 Å². The number of amides is 1. The zero-order chi connectivity index (χ0) is 20.9. The molecule has 0 aliphatic carbocycles. The van der Waals surface area contributed by atoms with E-state index >= 15 is 0 Å². The monoisotopic (exact) mass is 414 g/mol. The highest BCUT2D eigenvalue weighted by Gasteiger charge is 2.19. The third kappa shape index (κ3) is 4.60. The van der Waals surface area contributed by atoms with Crippen LogP contribution in [-0.2, 0) is 4.79 Å². The normalized spacial score (nSPS) is 11.8. The summed E-state index contributed by atoms with van der Waals surface area (Å²) in [6.45, 7) is 3.90. The third-order valence-electron chi connectivity index (χ3n) is 4.71. The van der Waals surface area contributed by atoms with Gasteiger partial charge in [0.15, 0.2) is 5.82 Å². The summed E-state index contributed by atoms with van der Waals surface area (Å²) in [5.41, 5.74) is 4.99. The lowest BCUT2D eigenvalue weighted by atomic mass is 10.0. The van der Waals surface area contributed by atoms with Gasteiger partial charge in [0.1, 0.15) is 0 Å². The molecule has 0 saturated carbocycles. The second-order valence-corrected chi connectivity index (χ2v) is 8.30. The number of carbonyl (C=O) groups excluding carboxylic acids is 1. The van der Waals surface area contributed by atoms with E-state index in [1.54, 1.807) is 0 Å². The molecule has 150 valence electrons. The quantitative estimate of drug-likeness (QED) is 0.405. The fourth-order valence-corrected chi connectivity index (χ4v) is 3.77. The van der Waals surface area contributed by atoms with Gasteiger partial charge in [-0.1, -0.05) is 90.1 Å². The van der Waals surface area contributed by atoms with Gasteiger partial charge < -0.3 is 5.32 Å². The summed E-state index contributed by atoms with van der Waals surface area (Å²) in [6, 6.07) is 25.9. The van der Waals surface area contributed by atoms with Crippen LogP contribution in [0.4, 0.5) is 5.69 Å². The lowest BCUT2D eigenvalue weighted by molar-refractivity contribution is -0.115. The van der Waals surface area contributed by atoms with Crippen LogP contribution in [0.5, 0.6) is 0 Å². The van der Waals surface area contributed by atoms with E-state index in [1.165, 1.54) is 17.3 Å². The van der Waals surface area contributed by atoms with Crippen LogP contribution in [0, 0.1) is 6.92 Å². The van der Waals surface area contributed by atoms with Crippen molar-refractivity contribution >= 4 is 23.4 Å². The molecule has 0 fully saturated rings. The number of nitrogens with zero attached hydrogens (tertiary/aromatic N) is 2. The molecule has 2 N–H and O–H groups in total. The van der Waals surface area contributed by atoms with Crippen LogP contribution >= 0.6 is 11.8 Å². The summed E-state index contributed by atoms with van der Waals surface area (Å²) >= 11 is 1.33. The number of aromatic amines is 1. The number of aryl methyl sites for hydroxylation is 1. The van der Waals surface area contributed by atoms with Gasteiger partial charge in [-0.15, -0.1) is 5.10 Å². The molecule has 0 radical (unpaired) electrons. The Kier molecular flexibility index (Phi) is 5.95.